The molecule has 1 aromatic heterocycles. The highest BCUT2D eigenvalue weighted by Crippen LogP contribution is 2.22. The zero-order valence-electron chi connectivity index (χ0n) is 12.5. The Bertz CT molecular complexity index is 629. The van der Waals surface area contributed by atoms with Crippen LogP contribution in [0.25, 0.3) is 0 Å². The third-order valence-corrected chi connectivity index (χ3v) is 3.40. The van der Waals surface area contributed by atoms with Gasteiger partial charge >= 0.3 is 0 Å². The second kappa shape index (κ2) is 6.72. The predicted molar refractivity (Wildman–Crippen MR) is 78.0 cm³/mol. The second-order valence-corrected chi connectivity index (χ2v) is 5.08. The highest BCUT2D eigenvalue weighted by molar-refractivity contribution is 5.28. The first-order chi connectivity index (χ1) is 10.0. The summed E-state index contributed by atoms with van der Waals surface area (Å²) in [7, 11) is 0. The number of aryl methyl sites for hydroxylation is 2. The van der Waals surface area contributed by atoms with Crippen molar-refractivity contribution in [3.63, 3.8) is 0 Å². The summed E-state index contributed by atoms with van der Waals surface area (Å²) in [6.07, 6.45) is 0.436. The molecule has 0 aliphatic carbocycles. The van der Waals surface area contributed by atoms with Crippen LogP contribution in [0, 0.1) is 25.5 Å². The molecule has 1 unspecified atom stereocenters. The molecule has 0 saturated heterocycles. The average molecular weight is 291 g/mol. The smallest absolute Gasteiger partial charge is 0.129 e. The number of likely N-dealkylation sites (N-methyl/N-ethyl adjacent to an activating group) is 1. The largest absolute Gasteiger partial charge is 0.310 e. The number of aromatic nitrogens is 2. The number of nitrogens with zero attached hydrogens (tertiary/aromatic N) is 2. The summed E-state index contributed by atoms with van der Waals surface area (Å²) < 4.78 is 26.8. The molecule has 0 saturated carbocycles. The summed E-state index contributed by atoms with van der Waals surface area (Å²) in [5, 5.41) is 11.5. The lowest BCUT2D eigenvalue weighted by Crippen LogP contribution is -2.25. The molecule has 0 amide bonds. The molecule has 2 aromatic rings. The minimum atomic E-state index is -0.561. The van der Waals surface area contributed by atoms with E-state index in [1.54, 1.807) is 0 Å². The van der Waals surface area contributed by atoms with Crippen LogP contribution in [-0.2, 0) is 6.42 Å². The van der Waals surface area contributed by atoms with Crippen LogP contribution in [-0.4, -0.2) is 16.7 Å². The van der Waals surface area contributed by atoms with Crippen LogP contribution in [0.4, 0.5) is 8.78 Å². The molecule has 0 aliphatic heterocycles. The predicted octanol–water partition coefficient (Wildman–Crippen LogP) is 3.26. The SMILES string of the molecule is CCNC(Cc1ccc(F)cc1F)c1cc(C)nnc1C. The molecule has 1 heterocycles. The summed E-state index contributed by atoms with van der Waals surface area (Å²) in [6.45, 7) is 6.49. The van der Waals surface area contributed by atoms with Gasteiger partial charge in [-0.3, -0.25) is 0 Å². The number of rotatable bonds is 5. The molecule has 1 aromatic carbocycles. The van der Waals surface area contributed by atoms with Crippen molar-refractivity contribution in [2.45, 2.75) is 33.2 Å². The van der Waals surface area contributed by atoms with E-state index >= 15 is 0 Å². The topological polar surface area (TPSA) is 37.8 Å². The standard InChI is InChI=1S/C16H19F2N3/c1-4-19-16(14-7-10(2)20-21-11(14)3)8-12-5-6-13(17)9-15(12)18/h5-7,9,16,19H,4,8H2,1-3H3. The van der Waals surface area contributed by atoms with Crippen LogP contribution in [0.15, 0.2) is 24.3 Å². The van der Waals surface area contributed by atoms with Crippen LogP contribution in [0.1, 0.15) is 35.5 Å². The van der Waals surface area contributed by atoms with Crippen LogP contribution in [0.2, 0.25) is 0 Å². The minimum absolute atomic E-state index is 0.0795. The summed E-state index contributed by atoms with van der Waals surface area (Å²) in [5.41, 5.74) is 3.11. The molecule has 0 fully saturated rings. The van der Waals surface area contributed by atoms with Crippen molar-refractivity contribution >= 4 is 0 Å². The third kappa shape index (κ3) is 3.82. The van der Waals surface area contributed by atoms with Crippen molar-refractivity contribution in [2.75, 3.05) is 6.54 Å². The summed E-state index contributed by atoms with van der Waals surface area (Å²) >= 11 is 0. The lowest BCUT2D eigenvalue weighted by molar-refractivity contribution is 0.516. The molecule has 2 rings (SSSR count). The van der Waals surface area contributed by atoms with Gasteiger partial charge in [0.1, 0.15) is 11.6 Å². The first-order valence-electron chi connectivity index (χ1n) is 6.99. The zero-order chi connectivity index (χ0) is 15.4. The van der Waals surface area contributed by atoms with Gasteiger partial charge in [0.15, 0.2) is 0 Å². The molecule has 5 heteroatoms. The molecule has 3 nitrogen and oxygen atoms in total. The van der Waals surface area contributed by atoms with E-state index in [9.17, 15) is 8.78 Å². The van der Waals surface area contributed by atoms with Gasteiger partial charge in [0.05, 0.1) is 11.4 Å². The van der Waals surface area contributed by atoms with Crippen molar-refractivity contribution in [3.8, 4) is 0 Å². The van der Waals surface area contributed by atoms with Crippen LogP contribution >= 0.6 is 0 Å². The molecule has 1 N–H and O–H groups in total. The van der Waals surface area contributed by atoms with Crippen molar-refractivity contribution in [1.82, 2.24) is 15.5 Å². The maximum Gasteiger partial charge on any atom is 0.129 e. The fraction of sp³-hybridized carbons (Fsp3) is 0.375. The summed E-state index contributed by atoms with van der Waals surface area (Å²) in [6, 6.07) is 5.57. The Labute approximate surface area is 123 Å². The van der Waals surface area contributed by atoms with Gasteiger partial charge in [-0.05, 0) is 50.1 Å². The first kappa shape index (κ1) is 15.5. The van der Waals surface area contributed by atoms with Crippen LogP contribution in [0.5, 0.6) is 0 Å². The van der Waals surface area contributed by atoms with E-state index in [1.807, 2.05) is 26.8 Å². The molecule has 0 aliphatic rings. The molecule has 1 atom stereocenters. The van der Waals surface area contributed by atoms with Crippen LogP contribution in [0.3, 0.4) is 0 Å². The maximum absolute atomic E-state index is 13.9. The lowest BCUT2D eigenvalue weighted by atomic mass is 9.97. The van der Waals surface area contributed by atoms with Crippen molar-refractivity contribution in [1.29, 1.82) is 0 Å². The number of benzene rings is 1. The molecule has 21 heavy (non-hydrogen) atoms. The van der Waals surface area contributed by atoms with Gasteiger partial charge < -0.3 is 5.32 Å². The number of nitrogens with one attached hydrogen (secondary N) is 1. The van der Waals surface area contributed by atoms with Crippen molar-refractivity contribution < 1.29 is 8.78 Å². The van der Waals surface area contributed by atoms with Crippen molar-refractivity contribution in [3.05, 3.63) is 58.4 Å². The van der Waals surface area contributed by atoms with Crippen molar-refractivity contribution in [2.24, 2.45) is 0 Å². The summed E-state index contributed by atoms with van der Waals surface area (Å²) in [5.74, 6) is -1.08. The average Bonchev–Trinajstić information content (AvgIpc) is 2.44. The molecule has 0 spiro atoms. The van der Waals surface area contributed by atoms with Gasteiger partial charge in [-0.2, -0.15) is 10.2 Å². The lowest BCUT2D eigenvalue weighted by Gasteiger charge is -2.20. The highest BCUT2D eigenvalue weighted by atomic mass is 19.1. The van der Waals surface area contributed by atoms with Gasteiger partial charge in [0, 0.05) is 12.1 Å². The number of hydrogen-bond donors (Lipinski definition) is 1. The second-order valence-electron chi connectivity index (χ2n) is 5.08. The third-order valence-electron chi connectivity index (χ3n) is 3.40. The van der Waals surface area contributed by atoms with Gasteiger partial charge in [-0.25, -0.2) is 8.78 Å². The van der Waals surface area contributed by atoms with Gasteiger partial charge in [-0.15, -0.1) is 0 Å². The Balaban J connectivity index is 2.32. The van der Waals surface area contributed by atoms with E-state index < -0.39 is 11.6 Å². The molecule has 0 radical (unpaired) electrons. The Kier molecular flexibility index (Phi) is 4.96. The molecular formula is C16H19F2N3. The van der Waals surface area contributed by atoms with Gasteiger partial charge in [-0.1, -0.05) is 13.0 Å². The van der Waals surface area contributed by atoms with E-state index in [0.717, 1.165) is 29.6 Å². The fourth-order valence-corrected chi connectivity index (χ4v) is 2.37. The quantitative estimate of drug-likeness (QED) is 0.919. The fourth-order valence-electron chi connectivity index (χ4n) is 2.37. The van der Waals surface area contributed by atoms with E-state index in [2.05, 4.69) is 15.5 Å². The van der Waals surface area contributed by atoms with Gasteiger partial charge in [0.25, 0.3) is 0 Å². The van der Waals surface area contributed by atoms with E-state index in [0.29, 0.717) is 12.0 Å². The molecular weight excluding hydrogens is 272 g/mol. The minimum Gasteiger partial charge on any atom is -0.310 e. The maximum atomic E-state index is 13.9. The highest BCUT2D eigenvalue weighted by Gasteiger charge is 2.17. The summed E-state index contributed by atoms with van der Waals surface area (Å²) in [4.78, 5) is 0. The molecule has 112 valence electrons. The molecule has 0 bridgehead atoms. The normalized spacial score (nSPS) is 12.4. The Morgan fingerprint density at radius 1 is 1.14 bits per heavy atom. The van der Waals surface area contributed by atoms with E-state index in [-0.39, 0.29) is 6.04 Å². The zero-order valence-corrected chi connectivity index (χ0v) is 12.5. The van der Waals surface area contributed by atoms with E-state index in [1.165, 1.54) is 12.1 Å². The number of hydrogen-bond acceptors (Lipinski definition) is 3. The first-order valence-corrected chi connectivity index (χ1v) is 6.99. The Hall–Kier alpha value is -1.88. The monoisotopic (exact) mass is 291 g/mol. The van der Waals surface area contributed by atoms with Crippen LogP contribution < -0.4 is 5.32 Å². The van der Waals surface area contributed by atoms with E-state index in [4.69, 9.17) is 0 Å². The number of halogens is 2. The Morgan fingerprint density at radius 3 is 2.57 bits per heavy atom. The Morgan fingerprint density at radius 2 is 1.90 bits per heavy atom. The van der Waals surface area contributed by atoms with Gasteiger partial charge in [0.2, 0.25) is 0 Å².